The largest absolute Gasteiger partial charge is 0.507 e. The molecule has 0 spiro atoms. The molecular weight excluding hydrogens is 220 g/mol. The molecule has 1 nitrogen and oxygen atoms in total. The summed E-state index contributed by atoms with van der Waals surface area (Å²) in [5, 5.41) is 12.3. The zero-order valence-electron chi connectivity index (χ0n) is 10.9. The maximum Gasteiger partial charge on any atom is 0.123 e. The van der Waals surface area contributed by atoms with Crippen LogP contribution in [0.5, 0.6) is 5.75 Å². The lowest BCUT2D eigenvalue weighted by atomic mass is 9.81. The van der Waals surface area contributed by atoms with Gasteiger partial charge in [-0.1, -0.05) is 43.5 Å². The van der Waals surface area contributed by atoms with Crippen molar-refractivity contribution in [2.45, 2.75) is 44.9 Å². The monoisotopic (exact) mass is 240 g/mol. The third-order valence-electron chi connectivity index (χ3n) is 4.30. The predicted molar refractivity (Wildman–Crippen MR) is 76.2 cm³/mol. The van der Waals surface area contributed by atoms with Gasteiger partial charge >= 0.3 is 0 Å². The van der Waals surface area contributed by atoms with E-state index in [0.29, 0.717) is 11.7 Å². The Hall–Kier alpha value is -1.50. The Morgan fingerprint density at radius 2 is 1.78 bits per heavy atom. The molecule has 1 fully saturated rings. The van der Waals surface area contributed by atoms with Crippen LogP contribution in [0.4, 0.5) is 0 Å². The summed E-state index contributed by atoms with van der Waals surface area (Å²) in [6, 6.07) is 10.2. The summed E-state index contributed by atoms with van der Waals surface area (Å²) in [7, 11) is 0. The highest BCUT2D eigenvalue weighted by Gasteiger charge is 2.19. The van der Waals surface area contributed by atoms with E-state index in [-0.39, 0.29) is 0 Å². The molecule has 2 aromatic carbocycles. The van der Waals surface area contributed by atoms with Crippen LogP contribution < -0.4 is 0 Å². The van der Waals surface area contributed by atoms with Gasteiger partial charge in [-0.3, -0.25) is 0 Å². The summed E-state index contributed by atoms with van der Waals surface area (Å²) in [6.07, 6.45) is 6.67. The van der Waals surface area contributed by atoms with E-state index in [4.69, 9.17) is 0 Å². The van der Waals surface area contributed by atoms with E-state index < -0.39 is 0 Å². The van der Waals surface area contributed by atoms with Gasteiger partial charge in [-0.25, -0.2) is 0 Å². The minimum atomic E-state index is 0.410. The van der Waals surface area contributed by atoms with Crippen molar-refractivity contribution in [3.63, 3.8) is 0 Å². The molecule has 18 heavy (non-hydrogen) atoms. The fourth-order valence-electron chi connectivity index (χ4n) is 3.36. The van der Waals surface area contributed by atoms with Crippen molar-refractivity contribution < 1.29 is 5.11 Å². The first kappa shape index (κ1) is 11.6. The summed E-state index contributed by atoms with van der Waals surface area (Å²) in [6.45, 7) is 2.15. The van der Waals surface area contributed by atoms with Crippen molar-refractivity contribution in [3.05, 3.63) is 41.5 Å². The van der Waals surface area contributed by atoms with Crippen molar-refractivity contribution in [1.82, 2.24) is 0 Å². The molecule has 0 aromatic heterocycles. The highest BCUT2D eigenvalue weighted by Crippen LogP contribution is 2.39. The molecule has 2 aromatic rings. The van der Waals surface area contributed by atoms with E-state index in [1.807, 2.05) is 18.2 Å². The third-order valence-corrected chi connectivity index (χ3v) is 4.30. The molecule has 0 atom stereocenters. The normalized spacial score (nSPS) is 17.2. The number of hydrogen-bond acceptors (Lipinski definition) is 1. The molecule has 3 rings (SSSR count). The molecule has 1 aliphatic rings. The molecule has 1 saturated carbocycles. The van der Waals surface area contributed by atoms with Gasteiger partial charge in [0.15, 0.2) is 0 Å². The highest BCUT2D eigenvalue weighted by molar-refractivity contribution is 5.93. The number of fused-ring (bicyclic) bond motifs is 1. The van der Waals surface area contributed by atoms with Gasteiger partial charge in [0, 0.05) is 5.39 Å². The summed E-state index contributed by atoms with van der Waals surface area (Å²) >= 11 is 0. The lowest BCUT2D eigenvalue weighted by Gasteiger charge is -2.24. The SMILES string of the molecule is Cc1cccc2c(O)ccc(C3CCCCC3)c12. The maximum absolute atomic E-state index is 10.0. The fourth-order valence-corrected chi connectivity index (χ4v) is 3.36. The van der Waals surface area contributed by atoms with Crippen molar-refractivity contribution in [2.75, 3.05) is 0 Å². The maximum atomic E-state index is 10.0. The van der Waals surface area contributed by atoms with Crippen LogP contribution in [0.3, 0.4) is 0 Å². The summed E-state index contributed by atoms with van der Waals surface area (Å²) in [5.41, 5.74) is 2.73. The zero-order valence-corrected chi connectivity index (χ0v) is 10.9. The number of aromatic hydroxyl groups is 1. The molecule has 1 N–H and O–H groups in total. The Bertz CT molecular complexity index is 565. The Labute approximate surface area is 108 Å². The molecule has 0 bridgehead atoms. The van der Waals surface area contributed by atoms with Crippen LogP contribution in [0, 0.1) is 6.92 Å². The first-order valence-electron chi connectivity index (χ1n) is 6.98. The molecular formula is C17H20O. The first-order valence-corrected chi connectivity index (χ1v) is 6.98. The van der Waals surface area contributed by atoms with Gasteiger partial charge < -0.3 is 5.11 Å². The van der Waals surface area contributed by atoms with Crippen LogP contribution in [0.2, 0.25) is 0 Å². The summed E-state index contributed by atoms with van der Waals surface area (Å²) < 4.78 is 0. The number of phenolic OH excluding ortho intramolecular Hbond substituents is 1. The first-order chi connectivity index (χ1) is 8.77. The summed E-state index contributed by atoms with van der Waals surface area (Å²) in [5.74, 6) is 1.09. The van der Waals surface area contributed by atoms with Gasteiger partial charge in [0.1, 0.15) is 5.75 Å². The van der Waals surface area contributed by atoms with Gasteiger partial charge in [0.2, 0.25) is 0 Å². The second kappa shape index (κ2) is 4.64. The van der Waals surface area contributed by atoms with Crippen LogP contribution in [-0.2, 0) is 0 Å². The number of rotatable bonds is 1. The predicted octanol–water partition coefficient (Wildman–Crippen LogP) is 4.90. The third kappa shape index (κ3) is 1.88. The summed E-state index contributed by atoms with van der Waals surface area (Å²) in [4.78, 5) is 0. The molecule has 0 aliphatic heterocycles. The Balaban J connectivity index is 2.19. The van der Waals surface area contributed by atoms with Crippen LogP contribution in [0.15, 0.2) is 30.3 Å². The standard InChI is InChI=1S/C17H20O/c1-12-6-5-9-15-16(18)11-10-14(17(12)15)13-7-3-2-4-8-13/h5-6,9-11,13,18H,2-4,7-8H2,1H3. The Kier molecular flexibility index (Phi) is 2.99. The zero-order chi connectivity index (χ0) is 12.5. The topological polar surface area (TPSA) is 20.2 Å². The minimum Gasteiger partial charge on any atom is -0.507 e. The Morgan fingerprint density at radius 3 is 2.56 bits per heavy atom. The fraction of sp³-hybridized carbons (Fsp3) is 0.412. The molecule has 94 valence electrons. The molecule has 0 heterocycles. The second-order valence-electron chi connectivity index (χ2n) is 5.51. The van der Waals surface area contributed by atoms with E-state index in [2.05, 4.69) is 19.1 Å². The molecule has 0 unspecified atom stereocenters. The van der Waals surface area contributed by atoms with Crippen LogP contribution in [0.1, 0.15) is 49.1 Å². The smallest absolute Gasteiger partial charge is 0.123 e. The quantitative estimate of drug-likeness (QED) is 0.751. The molecule has 0 radical (unpaired) electrons. The van der Waals surface area contributed by atoms with Crippen LogP contribution in [0.25, 0.3) is 10.8 Å². The van der Waals surface area contributed by atoms with Crippen molar-refractivity contribution >= 4 is 10.8 Å². The van der Waals surface area contributed by atoms with Crippen molar-refractivity contribution in [3.8, 4) is 5.75 Å². The van der Waals surface area contributed by atoms with E-state index in [9.17, 15) is 5.11 Å². The second-order valence-corrected chi connectivity index (χ2v) is 5.51. The number of aryl methyl sites for hydroxylation is 1. The van der Waals surface area contributed by atoms with Crippen LogP contribution in [-0.4, -0.2) is 5.11 Å². The van der Waals surface area contributed by atoms with Crippen molar-refractivity contribution in [1.29, 1.82) is 0 Å². The van der Waals surface area contributed by atoms with Gasteiger partial charge in [0.05, 0.1) is 0 Å². The lowest BCUT2D eigenvalue weighted by molar-refractivity contribution is 0.444. The van der Waals surface area contributed by atoms with Gasteiger partial charge in [-0.2, -0.15) is 0 Å². The molecule has 0 amide bonds. The number of benzene rings is 2. The van der Waals surface area contributed by atoms with Gasteiger partial charge in [-0.15, -0.1) is 0 Å². The number of phenols is 1. The van der Waals surface area contributed by atoms with E-state index in [1.54, 1.807) is 0 Å². The van der Waals surface area contributed by atoms with E-state index in [1.165, 1.54) is 48.6 Å². The Morgan fingerprint density at radius 1 is 1.00 bits per heavy atom. The highest BCUT2D eigenvalue weighted by atomic mass is 16.3. The molecule has 0 saturated heterocycles. The van der Waals surface area contributed by atoms with Gasteiger partial charge in [0.25, 0.3) is 0 Å². The van der Waals surface area contributed by atoms with E-state index in [0.717, 1.165) is 5.39 Å². The van der Waals surface area contributed by atoms with Crippen molar-refractivity contribution in [2.24, 2.45) is 0 Å². The van der Waals surface area contributed by atoms with Crippen LogP contribution >= 0.6 is 0 Å². The molecule has 1 heteroatoms. The van der Waals surface area contributed by atoms with Gasteiger partial charge in [-0.05, 0) is 48.3 Å². The van der Waals surface area contributed by atoms with E-state index >= 15 is 0 Å². The average Bonchev–Trinajstić information content (AvgIpc) is 2.41. The molecule has 1 aliphatic carbocycles. The minimum absolute atomic E-state index is 0.410. The number of hydrogen-bond donors (Lipinski definition) is 1. The average molecular weight is 240 g/mol. The lowest BCUT2D eigenvalue weighted by Crippen LogP contribution is -2.05.